The number of sulfone groups is 1. The molecule has 4 rings (SSSR count). The molecule has 0 aliphatic carbocycles. The van der Waals surface area contributed by atoms with Crippen molar-refractivity contribution < 1.29 is 13.2 Å². The average molecular weight is 396 g/mol. The maximum Gasteiger partial charge on any atom is 0.230 e. The van der Waals surface area contributed by atoms with Gasteiger partial charge in [-0.05, 0) is 30.2 Å². The Kier molecular flexibility index (Phi) is 4.74. The number of aromatic nitrogens is 2. The average Bonchev–Trinajstić information content (AvgIpc) is 3.26. The monoisotopic (exact) mass is 396 g/mol. The van der Waals surface area contributed by atoms with Crippen molar-refractivity contribution in [1.82, 2.24) is 15.5 Å². The minimum atomic E-state index is -3.68. The lowest BCUT2D eigenvalue weighted by Gasteiger charge is -2.15. The zero-order valence-electron chi connectivity index (χ0n) is 15.3. The van der Waals surface area contributed by atoms with Crippen LogP contribution in [-0.4, -0.2) is 24.5 Å². The van der Waals surface area contributed by atoms with Crippen LogP contribution in [0.4, 0.5) is 5.82 Å². The highest BCUT2D eigenvalue weighted by atomic mass is 32.2. The maximum absolute atomic E-state index is 13.2. The molecule has 8 heteroatoms. The van der Waals surface area contributed by atoms with Gasteiger partial charge in [-0.2, -0.15) is 5.10 Å². The molecule has 3 N–H and O–H groups in total. The van der Waals surface area contributed by atoms with Crippen molar-refractivity contribution in [2.24, 2.45) is 0 Å². The van der Waals surface area contributed by atoms with E-state index >= 15 is 0 Å². The van der Waals surface area contributed by atoms with Gasteiger partial charge in [-0.1, -0.05) is 42.5 Å². The molecule has 0 fully saturated rings. The van der Waals surface area contributed by atoms with Crippen LogP contribution in [0, 0.1) is 6.92 Å². The van der Waals surface area contributed by atoms with Gasteiger partial charge in [0.1, 0.15) is 5.37 Å². The third-order valence-electron chi connectivity index (χ3n) is 4.70. The predicted octanol–water partition coefficient (Wildman–Crippen LogP) is 2.48. The molecule has 0 radical (unpaired) electrons. The molecule has 1 atom stereocenters. The number of H-pyrrole nitrogens is 1. The quantitative estimate of drug-likeness (QED) is 0.615. The van der Waals surface area contributed by atoms with Gasteiger partial charge in [-0.15, -0.1) is 0 Å². The fourth-order valence-corrected chi connectivity index (χ4v) is 5.10. The van der Waals surface area contributed by atoms with Crippen LogP contribution in [0.5, 0.6) is 0 Å². The van der Waals surface area contributed by atoms with Crippen molar-refractivity contribution in [1.29, 1.82) is 0 Å². The van der Waals surface area contributed by atoms with E-state index in [4.69, 9.17) is 0 Å². The molecule has 0 saturated carbocycles. The molecule has 1 unspecified atom stereocenters. The van der Waals surface area contributed by atoms with Crippen LogP contribution in [0.3, 0.4) is 0 Å². The molecule has 1 aromatic heterocycles. The number of nitrogens with zero attached hydrogens (tertiary/aromatic N) is 1. The number of hydrogen-bond acceptors (Lipinski definition) is 5. The van der Waals surface area contributed by atoms with Crippen molar-refractivity contribution in [3.63, 3.8) is 0 Å². The SMILES string of the molecule is Cc1cccc(S(=O)(=O)C2NCc3[nH]nc(NC(=O)Cc4ccccc4)c32)c1. The second-order valence-electron chi connectivity index (χ2n) is 6.80. The number of rotatable bonds is 5. The highest BCUT2D eigenvalue weighted by molar-refractivity contribution is 7.91. The lowest BCUT2D eigenvalue weighted by molar-refractivity contribution is -0.115. The number of aryl methyl sites for hydroxylation is 1. The van der Waals surface area contributed by atoms with Crippen molar-refractivity contribution in [3.8, 4) is 0 Å². The smallest absolute Gasteiger partial charge is 0.230 e. The minimum absolute atomic E-state index is 0.186. The van der Waals surface area contributed by atoms with Crippen LogP contribution in [0.1, 0.15) is 27.8 Å². The molecule has 0 spiro atoms. The Bertz CT molecular complexity index is 1120. The van der Waals surface area contributed by atoms with E-state index < -0.39 is 15.2 Å². The first-order chi connectivity index (χ1) is 13.4. The lowest BCUT2D eigenvalue weighted by Crippen LogP contribution is -2.24. The van der Waals surface area contributed by atoms with Crippen LogP contribution in [-0.2, 0) is 27.6 Å². The third kappa shape index (κ3) is 3.44. The van der Waals surface area contributed by atoms with Crippen molar-refractivity contribution in [2.75, 3.05) is 5.32 Å². The topological polar surface area (TPSA) is 104 Å². The van der Waals surface area contributed by atoms with Crippen LogP contribution >= 0.6 is 0 Å². The van der Waals surface area contributed by atoms with Crippen molar-refractivity contribution in [2.45, 2.75) is 30.2 Å². The summed E-state index contributed by atoms with van der Waals surface area (Å²) in [6.07, 6.45) is 0.186. The number of nitrogens with one attached hydrogen (secondary N) is 3. The molecule has 3 aromatic rings. The number of aromatic amines is 1. The van der Waals surface area contributed by atoms with Gasteiger partial charge in [-0.25, -0.2) is 8.42 Å². The number of carbonyl (C=O) groups excluding carboxylic acids is 1. The van der Waals surface area contributed by atoms with E-state index in [9.17, 15) is 13.2 Å². The second-order valence-corrected chi connectivity index (χ2v) is 8.83. The summed E-state index contributed by atoms with van der Waals surface area (Å²) in [7, 11) is -3.68. The van der Waals surface area contributed by atoms with Crippen LogP contribution in [0.25, 0.3) is 0 Å². The number of amides is 1. The molecule has 2 heterocycles. The number of benzene rings is 2. The Balaban J connectivity index is 1.60. The van der Waals surface area contributed by atoms with E-state index in [1.807, 2.05) is 43.3 Å². The zero-order chi connectivity index (χ0) is 19.7. The molecule has 0 saturated heterocycles. The molecular formula is C20H20N4O3S. The molecule has 1 aliphatic rings. The molecule has 144 valence electrons. The summed E-state index contributed by atoms with van der Waals surface area (Å²) in [6.45, 7) is 2.19. The van der Waals surface area contributed by atoms with Gasteiger partial charge >= 0.3 is 0 Å². The predicted molar refractivity (Wildman–Crippen MR) is 105 cm³/mol. The van der Waals surface area contributed by atoms with Crippen molar-refractivity contribution in [3.05, 3.63) is 77.0 Å². The number of anilines is 1. The fraction of sp³-hybridized carbons (Fsp3) is 0.200. The number of fused-ring (bicyclic) bond motifs is 1. The molecule has 1 amide bonds. The highest BCUT2D eigenvalue weighted by Crippen LogP contribution is 2.37. The Morgan fingerprint density at radius 1 is 1.18 bits per heavy atom. The maximum atomic E-state index is 13.2. The Hall–Kier alpha value is -2.97. The van der Waals surface area contributed by atoms with Crippen LogP contribution < -0.4 is 10.6 Å². The Morgan fingerprint density at radius 3 is 2.71 bits per heavy atom. The van der Waals surface area contributed by atoms with E-state index in [0.717, 1.165) is 11.1 Å². The first-order valence-corrected chi connectivity index (χ1v) is 10.4. The number of hydrogen-bond donors (Lipinski definition) is 3. The summed E-state index contributed by atoms with van der Waals surface area (Å²) in [5, 5.41) is 11.8. The van der Waals surface area contributed by atoms with E-state index in [0.29, 0.717) is 17.8 Å². The molecule has 2 aromatic carbocycles. The summed E-state index contributed by atoms with van der Waals surface area (Å²) in [5.41, 5.74) is 2.87. The molecule has 7 nitrogen and oxygen atoms in total. The summed E-state index contributed by atoms with van der Waals surface area (Å²) >= 11 is 0. The van der Waals surface area contributed by atoms with Gasteiger partial charge < -0.3 is 5.32 Å². The third-order valence-corrected chi connectivity index (χ3v) is 6.64. The van der Waals surface area contributed by atoms with E-state index in [1.165, 1.54) is 0 Å². The Labute approximate surface area is 163 Å². The minimum Gasteiger partial charge on any atom is -0.309 e. The summed E-state index contributed by atoms with van der Waals surface area (Å²) < 4.78 is 26.3. The van der Waals surface area contributed by atoms with Crippen molar-refractivity contribution >= 4 is 21.6 Å². The zero-order valence-corrected chi connectivity index (χ0v) is 16.1. The normalized spacial score (nSPS) is 16.0. The van der Waals surface area contributed by atoms with Crippen LogP contribution in [0.2, 0.25) is 0 Å². The summed E-state index contributed by atoms with van der Waals surface area (Å²) in [4.78, 5) is 12.7. The van der Waals surface area contributed by atoms with Gasteiger partial charge in [0.15, 0.2) is 15.7 Å². The first-order valence-electron chi connectivity index (χ1n) is 8.90. The van der Waals surface area contributed by atoms with Gasteiger partial charge in [-0.3, -0.25) is 15.2 Å². The molecule has 1 aliphatic heterocycles. The first kappa shape index (κ1) is 18.4. The van der Waals surface area contributed by atoms with E-state index in [-0.39, 0.29) is 23.0 Å². The number of carbonyl (C=O) groups is 1. The molecule has 28 heavy (non-hydrogen) atoms. The van der Waals surface area contributed by atoms with E-state index in [1.54, 1.807) is 18.2 Å². The van der Waals surface area contributed by atoms with Crippen LogP contribution in [0.15, 0.2) is 59.5 Å². The van der Waals surface area contributed by atoms with Gasteiger partial charge in [0.05, 0.1) is 22.6 Å². The molecule has 0 bridgehead atoms. The lowest BCUT2D eigenvalue weighted by atomic mass is 10.1. The second kappa shape index (κ2) is 7.21. The largest absolute Gasteiger partial charge is 0.309 e. The van der Waals surface area contributed by atoms with Gasteiger partial charge in [0.2, 0.25) is 5.91 Å². The van der Waals surface area contributed by atoms with Gasteiger partial charge in [0, 0.05) is 6.54 Å². The Morgan fingerprint density at radius 2 is 1.96 bits per heavy atom. The van der Waals surface area contributed by atoms with Gasteiger partial charge in [0.25, 0.3) is 0 Å². The summed E-state index contributed by atoms with van der Waals surface area (Å²) in [5.74, 6) is 0.00117. The molecular weight excluding hydrogens is 376 g/mol. The standard InChI is InChI=1S/C20H20N4O3S/c1-13-6-5-9-15(10-13)28(26,27)20-18-16(12-21-20)23-24-19(18)22-17(25)11-14-7-3-2-4-8-14/h2-10,20-21H,11-12H2,1H3,(H2,22,23,24,25). The highest BCUT2D eigenvalue weighted by Gasteiger charge is 2.38. The summed E-state index contributed by atoms with van der Waals surface area (Å²) in [6, 6.07) is 16.1. The fourth-order valence-electron chi connectivity index (χ4n) is 3.35. The van der Waals surface area contributed by atoms with E-state index in [2.05, 4.69) is 20.8 Å².